The minimum atomic E-state index is -2.99. The number of benzene rings is 2. The molecule has 0 aromatic heterocycles. The van der Waals surface area contributed by atoms with Crippen LogP contribution < -0.4 is 0 Å². The maximum absolute atomic E-state index is 11.0. The van der Waals surface area contributed by atoms with Gasteiger partial charge in [-0.05, 0) is 17.5 Å². The summed E-state index contributed by atoms with van der Waals surface area (Å²) in [5, 5.41) is 38.9. The van der Waals surface area contributed by atoms with Gasteiger partial charge in [0.1, 0.15) is 0 Å². The van der Waals surface area contributed by atoms with Gasteiger partial charge in [0.15, 0.2) is 0 Å². The molecule has 0 aliphatic carbocycles. The SMILES string of the molecule is O=C(O)C(O)(O)c1ccccc1Cc1ccc([N+](=O)[O-])cc1. The number of non-ortho nitro benzene ring substituents is 1. The van der Waals surface area contributed by atoms with E-state index in [2.05, 4.69) is 0 Å². The van der Waals surface area contributed by atoms with Crippen molar-refractivity contribution < 1.29 is 25.0 Å². The zero-order valence-corrected chi connectivity index (χ0v) is 11.3. The molecule has 114 valence electrons. The van der Waals surface area contributed by atoms with Crippen molar-refractivity contribution in [1.29, 1.82) is 0 Å². The van der Waals surface area contributed by atoms with Crippen LogP contribution in [0.5, 0.6) is 0 Å². The molecule has 3 N–H and O–H groups in total. The van der Waals surface area contributed by atoms with Gasteiger partial charge in [-0.2, -0.15) is 0 Å². The number of rotatable bonds is 5. The first-order valence-electron chi connectivity index (χ1n) is 6.32. The molecule has 2 rings (SSSR count). The minimum Gasteiger partial charge on any atom is -0.477 e. The van der Waals surface area contributed by atoms with Crippen molar-refractivity contribution in [2.24, 2.45) is 0 Å². The van der Waals surface area contributed by atoms with E-state index < -0.39 is 16.7 Å². The average Bonchev–Trinajstić information content (AvgIpc) is 2.48. The summed E-state index contributed by atoms with van der Waals surface area (Å²) in [6, 6.07) is 11.8. The largest absolute Gasteiger partial charge is 0.477 e. The topological polar surface area (TPSA) is 121 Å². The number of nitrogens with zero attached hydrogens (tertiary/aromatic N) is 1. The maximum Gasteiger partial charge on any atom is 0.369 e. The Morgan fingerprint density at radius 3 is 2.23 bits per heavy atom. The molecule has 0 saturated carbocycles. The second kappa shape index (κ2) is 5.92. The quantitative estimate of drug-likeness (QED) is 0.436. The van der Waals surface area contributed by atoms with Crippen molar-refractivity contribution in [1.82, 2.24) is 0 Å². The summed E-state index contributed by atoms with van der Waals surface area (Å²) in [6.07, 6.45) is 0.213. The molecule has 0 amide bonds. The third-order valence-corrected chi connectivity index (χ3v) is 3.23. The van der Waals surface area contributed by atoms with Crippen molar-refractivity contribution in [3.8, 4) is 0 Å². The lowest BCUT2D eigenvalue weighted by Gasteiger charge is -2.20. The molecule has 0 aliphatic rings. The highest BCUT2D eigenvalue weighted by Crippen LogP contribution is 2.25. The van der Waals surface area contributed by atoms with Crippen LogP contribution in [0, 0.1) is 10.1 Å². The molecule has 22 heavy (non-hydrogen) atoms. The minimum absolute atomic E-state index is 0.0544. The molecular weight excluding hydrogens is 290 g/mol. The molecule has 0 atom stereocenters. The second-order valence-electron chi connectivity index (χ2n) is 4.73. The van der Waals surface area contributed by atoms with E-state index in [-0.39, 0.29) is 17.7 Å². The molecular formula is C15H13NO6. The van der Waals surface area contributed by atoms with E-state index in [9.17, 15) is 25.1 Å². The second-order valence-corrected chi connectivity index (χ2v) is 4.73. The average molecular weight is 303 g/mol. The van der Waals surface area contributed by atoms with Gasteiger partial charge in [0.2, 0.25) is 0 Å². The van der Waals surface area contributed by atoms with E-state index in [1.807, 2.05) is 0 Å². The zero-order valence-electron chi connectivity index (χ0n) is 11.3. The molecule has 0 heterocycles. The molecule has 0 radical (unpaired) electrons. The van der Waals surface area contributed by atoms with Crippen molar-refractivity contribution in [2.75, 3.05) is 0 Å². The predicted octanol–water partition coefficient (Wildman–Crippen LogP) is 1.41. The van der Waals surface area contributed by atoms with Crippen molar-refractivity contribution in [3.63, 3.8) is 0 Å². The van der Waals surface area contributed by atoms with E-state index in [1.165, 1.54) is 36.4 Å². The molecule has 2 aromatic rings. The maximum atomic E-state index is 11.0. The van der Waals surface area contributed by atoms with Gasteiger partial charge in [-0.1, -0.05) is 36.4 Å². The van der Waals surface area contributed by atoms with Crippen molar-refractivity contribution in [3.05, 3.63) is 75.3 Å². The smallest absolute Gasteiger partial charge is 0.369 e. The first kappa shape index (κ1) is 15.6. The lowest BCUT2D eigenvalue weighted by molar-refractivity contribution is -0.384. The highest BCUT2D eigenvalue weighted by molar-refractivity contribution is 5.77. The third-order valence-electron chi connectivity index (χ3n) is 3.23. The normalized spacial score (nSPS) is 11.2. The van der Waals surface area contributed by atoms with Crippen LogP contribution in [0.2, 0.25) is 0 Å². The molecule has 0 unspecified atom stereocenters. The number of hydrogen-bond acceptors (Lipinski definition) is 5. The molecule has 0 fully saturated rings. The van der Waals surface area contributed by atoms with Crippen LogP contribution in [0.25, 0.3) is 0 Å². The lowest BCUT2D eigenvalue weighted by Crippen LogP contribution is -2.36. The monoisotopic (exact) mass is 303 g/mol. The van der Waals surface area contributed by atoms with Gasteiger partial charge in [0, 0.05) is 17.7 Å². The van der Waals surface area contributed by atoms with E-state index in [1.54, 1.807) is 12.1 Å². The van der Waals surface area contributed by atoms with Crippen LogP contribution in [0.15, 0.2) is 48.5 Å². The van der Waals surface area contributed by atoms with Gasteiger partial charge in [-0.15, -0.1) is 0 Å². The Morgan fingerprint density at radius 1 is 1.09 bits per heavy atom. The third kappa shape index (κ3) is 3.11. The molecule has 0 spiro atoms. The van der Waals surface area contributed by atoms with E-state index in [4.69, 9.17) is 5.11 Å². The molecule has 0 saturated heterocycles. The van der Waals surface area contributed by atoms with Gasteiger partial charge in [-0.25, -0.2) is 4.79 Å². The summed E-state index contributed by atoms with van der Waals surface area (Å²) in [7, 11) is 0. The summed E-state index contributed by atoms with van der Waals surface area (Å²) in [6.45, 7) is 0. The predicted molar refractivity (Wildman–Crippen MR) is 76.1 cm³/mol. The Morgan fingerprint density at radius 2 is 1.68 bits per heavy atom. The number of nitro groups is 1. The van der Waals surface area contributed by atoms with Crippen LogP contribution in [-0.4, -0.2) is 26.2 Å². The van der Waals surface area contributed by atoms with Crippen LogP contribution in [0.4, 0.5) is 5.69 Å². The number of carbonyl (C=O) groups is 1. The summed E-state index contributed by atoms with van der Waals surface area (Å²) >= 11 is 0. The summed E-state index contributed by atoms with van der Waals surface area (Å²) in [4.78, 5) is 21.1. The zero-order chi connectivity index (χ0) is 16.3. The summed E-state index contributed by atoms with van der Waals surface area (Å²) < 4.78 is 0. The highest BCUT2D eigenvalue weighted by Gasteiger charge is 2.37. The first-order valence-corrected chi connectivity index (χ1v) is 6.32. The van der Waals surface area contributed by atoms with Gasteiger partial charge >= 0.3 is 5.97 Å². The lowest BCUT2D eigenvalue weighted by atomic mass is 9.94. The van der Waals surface area contributed by atoms with Crippen LogP contribution >= 0.6 is 0 Å². The molecule has 7 heteroatoms. The van der Waals surface area contributed by atoms with E-state index in [0.29, 0.717) is 11.1 Å². The molecule has 2 aromatic carbocycles. The Balaban J connectivity index is 2.34. The van der Waals surface area contributed by atoms with Gasteiger partial charge in [0.05, 0.1) is 4.92 Å². The number of aliphatic hydroxyl groups is 2. The Bertz CT molecular complexity index is 708. The fraction of sp³-hybridized carbons (Fsp3) is 0.133. The number of carboxylic acids is 1. The number of hydrogen-bond donors (Lipinski definition) is 3. The fourth-order valence-electron chi connectivity index (χ4n) is 2.09. The van der Waals surface area contributed by atoms with Crippen molar-refractivity contribution >= 4 is 11.7 Å². The van der Waals surface area contributed by atoms with Gasteiger partial charge in [-0.3, -0.25) is 10.1 Å². The van der Waals surface area contributed by atoms with E-state index in [0.717, 1.165) is 0 Å². The Labute approximate surface area is 125 Å². The highest BCUT2D eigenvalue weighted by atomic mass is 16.6. The van der Waals surface area contributed by atoms with Crippen LogP contribution in [0.1, 0.15) is 16.7 Å². The Hall–Kier alpha value is -2.77. The van der Waals surface area contributed by atoms with Gasteiger partial charge in [0.25, 0.3) is 11.5 Å². The van der Waals surface area contributed by atoms with Crippen LogP contribution in [0.3, 0.4) is 0 Å². The fourth-order valence-corrected chi connectivity index (χ4v) is 2.09. The standard InChI is InChI=1S/C15H13NO6/c17-14(18)15(19,20)13-4-2-1-3-11(13)9-10-5-7-12(8-6-10)16(21)22/h1-8,19-20H,9H2,(H,17,18). The molecule has 7 nitrogen and oxygen atoms in total. The summed E-state index contributed by atoms with van der Waals surface area (Å²) in [5.41, 5.74) is 0.894. The van der Waals surface area contributed by atoms with E-state index >= 15 is 0 Å². The van der Waals surface area contributed by atoms with Gasteiger partial charge < -0.3 is 15.3 Å². The Kier molecular flexibility index (Phi) is 4.20. The molecule has 0 aliphatic heterocycles. The number of carboxylic acid groups (broad SMARTS) is 1. The molecule has 0 bridgehead atoms. The summed E-state index contributed by atoms with van der Waals surface area (Å²) in [5.74, 6) is -4.76. The van der Waals surface area contributed by atoms with Crippen LogP contribution in [-0.2, 0) is 17.0 Å². The number of nitro benzene ring substituents is 1. The van der Waals surface area contributed by atoms with Crippen molar-refractivity contribution in [2.45, 2.75) is 12.2 Å². The number of aliphatic carboxylic acids is 1. The first-order chi connectivity index (χ1) is 10.3.